The van der Waals surface area contributed by atoms with Crippen molar-refractivity contribution in [2.24, 2.45) is 0 Å². The summed E-state index contributed by atoms with van der Waals surface area (Å²) >= 11 is 1.78. The van der Waals surface area contributed by atoms with Crippen LogP contribution in [0.1, 0.15) is 153 Å². The van der Waals surface area contributed by atoms with Crippen LogP contribution in [-0.2, 0) is 31.8 Å². The molecule has 0 aliphatic carbocycles. The molecule has 0 saturated carbocycles. The summed E-state index contributed by atoms with van der Waals surface area (Å²) in [6, 6.07) is 0. The van der Waals surface area contributed by atoms with Gasteiger partial charge in [0.1, 0.15) is 0 Å². The zero-order valence-electron chi connectivity index (χ0n) is 27.4. The molecule has 1 heterocycles. The standard InChI is InChI=1S/C36H68O4S/c1-3-5-7-9-11-13-15-17-19-21-25-37-29-31-39-27-23-35-33-41-34-36(35)24-28-40-32-30-38-26-22-20-18-16-14-12-10-8-6-4-2/h33-34H,3-32H2,1-2H3. The summed E-state index contributed by atoms with van der Waals surface area (Å²) in [5.41, 5.74) is 2.81. The fourth-order valence-corrected chi connectivity index (χ4v) is 6.11. The summed E-state index contributed by atoms with van der Waals surface area (Å²) in [5, 5.41) is 4.52. The van der Waals surface area contributed by atoms with Crippen molar-refractivity contribution >= 4 is 11.3 Å². The third-order valence-corrected chi connectivity index (χ3v) is 8.73. The first-order valence-corrected chi connectivity index (χ1v) is 18.7. The maximum atomic E-state index is 5.83. The van der Waals surface area contributed by atoms with Crippen LogP contribution in [-0.4, -0.2) is 52.9 Å². The Balaban J connectivity index is 1.82. The molecule has 0 bridgehead atoms. The molecule has 0 unspecified atom stereocenters. The van der Waals surface area contributed by atoms with Crippen molar-refractivity contribution in [1.29, 1.82) is 0 Å². The topological polar surface area (TPSA) is 36.9 Å². The predicted octanol–water partition coefficient (Wildman–Crippen LogP) is 10.7. The van der Waals surface area contributed by atoms with Gasteiger partial charge in [0, 0.05) is 13.2 Å². The van der Waals surface area contributed by atoms with Crippen LogP contribution in [0.3, 0.4) is 0 Å². The molecule has 1 rings (SSSR count). The fourth-order valence-electron chi connectivity index (χ4n) is 5.18. The van der Waals surface area contributed by atoms with Crippen LogP contribution in [0, 0.1) is 0 Å². The summed E-state index contributed by atoms with van der Waals surface area (Å²) in [4.78, 5) is 0. The number of hydrogen-bond acceptors (Lipinski definition) is 5. The average Bonchev–Trinajstić information content (AvgIpc) is 3.43. The highest BCUT2D eigenvalue weighted by Gasteiger charge is 2.04. The second kappa shape index (κ2) is 32.5. The molecule has 0 spiro atoms. The Hall–Kier alpha value is -0.460. The van der Waals surface area contributed by atoms with E-state index in [1.807, 2.05) is 0 Å². The molecule has 1 aromatic heterocycles. The minimum atomic E-state index is 0.694. The van der Waals surface area contributed by atoms with Crippen LogP contribution in [0.5, 0.6) is 0 Å². The third kappa shape index (κ3) is 26.9. The highest BCUT2D eigenvalue weighted by molar-refractivity contribution is 7.08. The van der Waals surface area contributed by atoms with Gasteiger partial charge in [0.05, 0.1) is 39.6 Å². The molecule has 1 aromatic rings. The lowest BCUT2D eigenvalue weighted by Crippen LogP contribution is -2.09. The molecule has 242 valence electrons. The molecule has 0 radical (unpaired) electrons. The number of unbranched alkanes of at least 4 members (excludes halogenated alkanes) is 18. The Morgan fingerprint density at radius 1 is 0.366 bits per heavy atom. The smallest absolute Gasteiger partial charge is 0.0700 e. The normalized spacial score (nSPS) is 11.6. The van der Waals surface area contributed by atoms with Gasteiger partial charge in [-0.05, 0) is 47.6 Å². The van der Waals surface area contributed by atoms with Gasteiger partial charge >= 0.3 is 0 Å². The van der Waals surface area contributed by atoms with E-state index in [9.17, 15) is 0 Å². The van der Waals surface area contributed by atoms with E-state index in [1.54, 1.807) is 11.3 Å². The van der Waals surface area contributed by atoms with E-state index in [2.05, 4.69) is 24.6 Å². The molecular weight excluding hydrogens is 528 g/mol. The van der Waals surface area contributed by atoms with Crippen LogP contribution >= 0.6 is 11.3 Å². The Morgan fingerprint density at radius 3 is 1.00 bits per heavy atom. The van der Waals surface area contributed by atoms with E-state index >= 15 is 0 Å². The zero-order valence-corrected chi connectivity index (χ0v) is 28.2. The molecular formula is C36H68O4S. The van der Waals surface area contributed by atoms with Crippen LogP contribution in [0.2, 0.25) is 0 Å². The van der Waals surface area contributed by atoms with Crippen molar-refractivity contribution in [3.05, 3.63) is 21.9 Å². The third-order valence-electron chi connectivity index (χ3n) is 7.89. The van der Waals surface area contributed by atoms with Gasteiger partial charge in [0.15, 0.2) is 0 Å². The second-order valence-electron chi connectivity index (χ2n) is 11.7. The van der Waals surface area contributed by atoms with E-state index in [0.717, 1.165) is 39.3 Å². The second-order valence-corrected chi connectivity index (χ2v) is 12.5. The first-order chi connectivity index (χ1) is 20.4. The molecule has 0 amide bonds. The van der Waals surface area contributed by atoms with Crippen LogP contribution in [0.25, 0.3) is 0 Å². The Labute approximate surface area is 259 Å². The molecule has 41 heavy (non-hydrogen) atoms. The van der Waals surface area contributed by atoms with Gasteiger partial charge in [0.2, 0.25) is 0 Å². The summed E-state index contributed by atoms with van der Waals surface area (Å²) in [5.74, 6) is 0. The minimum absolute atomic E-state index is 0.694. The van der Waals surface area contributed by atoms with Crippen molar-refractivity contribution in [3.8, 4) is 0 Å². The van der Waals surface area contributed by atoms with Gasteiger partial charge in [-0.25, -0.2) is 0 Å². The van der Waals surface area contributed by atoms with E-state index in [-0.39, 0.29) is 0 Å². The maximum absolute atomic E-state index is 5.83. The van der Waals surface area contributed by atoms with Gasteiger partial charge in [-0.1, -0.05) is 129 Å². The lowest BCUT2D eigenvalue weighted by atomic mass is 10.1. The van der Waals surface area contributed by atoms with Gasteiger partial charge in [0.25, 0.3) is 0 Å². The molecule has 5 heteroatoms. The van der Waals surface area contributed by atoms with Gasteiger partial charge < -0.3 is 18.9 Å². The molecule has 4 nitrogen and oxygen atoms in total. The fraction of sp³-hybridized carbons (Fsp3) is 0.889. The predicted molar refractivity (Wildman–Crippen MR) is 179 cm³/mol. The first-order valence-electron chi connectivity index (χ1n) is 17.7. The summed E-state index contributed by atoms with van der Waals surface area (Å²) in [6.45, 7) is 10.6. The largest absolute Gasteiger partial charge is 0.379 e. The van der Waals surface area contributed by atoms with E-state index in [4.69, 9.17) is 18.9 Å². The Morgan fingerprint density at radius 2 is 0.659 bits per heavy atom. The van der Waals surface area contributed by atoms with E-state index in [1.165, 1.54) is 140 Å². The Kier molecular flexibility index (Phi) is 30.5. The minimum Gasteiger partial charge on any atom is -0.379 e. The van der Waals surface area contributed by atoms with Crippen molar-refractivity contribution in [2.45, 2.75) is 155 Å². The number of thiophene rings is 1. The number of hydrogen-bond donors (Lipinski definition) is 0. The summed E-state index contributed by atoms with van der Waals surface area (Å²) < 4.78 is 23.2. The zero-order chi connectivity index (χ0) is 29.3. The van der Waals surface area contributed by atoms with Crippen LogP contribution < -0.4 is 0 Å². The Bertz CT molecular complexity index is 570. The summed E-state index contributed by atoms with van der Waals surface area (Å²) in [6.07, 6.45) is 29.2. The van der Waals surface area contributed by atoms with Crippen LogP contribution in [0.4, 0.5) is 0 Å². The van der Waals surface area contributed by atoms with Gasteiger partial charge in [-0.2, -0.15) is 11.3 Å². The molecule has 0 aliphatic heterocycles. The maximum Gasteiger partial charge on any atom is 0.0700 e. The molecule has 0 saturated heterocycles. The molecule has 0 fully saturated rings. The molecule has 0 aliphatic rings. The van der Waals surface area contributed by atoms with Crippen molar-refractivity contribution in [3.63, 3.8) is 0 Å². The molecule has 0 N–H and O–H groups in total. The average molecular weight is 597 g/mol. The molecule has 0 atom stereocenters. The van der Waals surface area contributed by atoms with E-state index < -0.39 is 0 Å². The monoisotopic (exact) mass is 596 g/mol. The van der Waals surface area contributed by atoms with E-state index in [0.29, 0.717) is 26.4 Å². The number of rotatable bonds is 34. The lowest BCUT2D eigenvalue weighted by Gasteiger charge is -2.08. The highest BCUT2D eigenvalue weighted by atomic mass is 32.1. The summed E-state index contributed by atoms with van der Waals surface area (Å²) in [7, 11) is 0. The van der Waals surface area contributed by atoms with Crippen molar-refractivity contribution < 1.29 is 18.9 Å². The lowest BCUT2D eigenvalue weighted by molar-refractivity contribution is 0.0463. The quantitative estimate of drug-likeness (QED) is 0.0742. The number of ether oxygens (including phenoxy) is 4. The van der Waals surface area contributed by atoms with Crippen molar-refractivity contribution in [2.75, 3.05) is 52.9 Å². The molecule has 0 aromatic carbocycles. The van der Waals surface area contributed by atoms with Gasteiger partial charge in [-0.15, -0.1) is 0 Å². The SMILES string of the molecule is CCCCCCCCCCCCOCCOCCc1cscc1CCOCCOCCCCCCCCCCCC. The first kappa shape index (κ1) is 38.6. The highest BCUT2D eigenvalue weighted by Crippen LogP contribution is 2.17. The van der Waals surface area contributed by atoms with Crippen LogP contribution in [0.15, 0.2) is 10.8 Å². The van der Waals surface area contributed by atoms with Crippen molar-refractivity contribution in [1.82, 2.24) is 0 Å². The van der Waals surface area contributed by atoms with Gasteiger partial charge in [-0.3, -0.25) is 0 Å².